The zero-order valence-corrected chi connectivity index (χ0v) is 8.79. The van der Waals surface area contributed by atoms with Gasteiger partial charge in [0, 0.05) is 6.61 Å². The second kappa shape index (κ2) is 12.5. The fourth-order valence-corrected chi connectivity index (χ4v) is 0.664. The van der Waals surface area contributed by atoms with Gasteiger partial charge in [0.2, 0.25) is 0 Å². The average molecular weight is 254 g/mol. The molecule has 5 nitrogen and oxygen atoms in total. The van der Waals surface area contributed by atoms with Crippen molar-refractivity contribution in [3.8, 4) is 0 Å². The van der Waals surface area contributed by atoms with Crippen molar-refractivity contribution in [1.82, 2.24) is 0 Å². The maximum atomic E-state index is 8.74. The molecule has 0 atom stereocenters. The maximum absolute atomic E-state index is 8.74. The first-order valence-corrected chi connectivity index (χ1v) is 5.47. The summed E-state index contributed by atoms with van der Waals surface area (Å²) < 4.78 is 31.6. The van der Waals surface area contributed by atoms with Gasteiger partial charge in [0.15, 0.2) is 0 Å². The Morgan fingerprint density at radius 3 is 1.71 bits per heavy atom. The van der Waals surface area contributed by atoms with Crippen LogP contribution in [-0.2, 0) is 10.4 Å². The van der Waals surface area contributed by atoms with Gasteiger partial charge in [-0.2, -0.15) is 8.42 Å². The molecule has 0 unspecified atom stereocenters. The molecule has 0 radical (unpaired) electrons. The zero-order chi connectivity index (χ0) is 10.9. The van der Waals surface area contributed by atoms with Crippen LogP contribution in [0.3, 0.4) is 0 Å². The predicted molar refractivity (Wildman–Crippen MR) is 57.1 cm³/mol. The van der Waals surface area contributed by atoms with Crippen LogP contribution >= 0.6 is 0 Å². The van der Waals surface area contributed by atoms with Crippen LogP contribution in [0.4, 0.5) is 0 Å². The van der Waals surface area contributed by atoms with Gasteiger partial charge in [0.05, 0.1) is 0 Å². The molecule has 7 heteroatoms. The number of aliphatic hydroxyl groups is 1. The molecule has 14 heavy (non-hydrogen) atoms. The Hall–Kier alpha value is 1.47. The summed E-state index contributed by atoms with van der Waals surface area (Å²) in [5.41, 5.74) is 0. The monoisotopic (exact) mass is 254 g/mol. The molecule has 0 aliphatic rings. The molecular weight excluding hydrogens is 235 g/mol. The van der Waals surface area contributed by atoms with Crippen LogP contribution in [0.5, 0.6) is 0 Å². The second-order valence-corrected chi connectivity index (χ2v) is 3.96. The van der Waals surface area contributed by atoms with Crippen LogP contribution in [0.25, 0.3) is 0 Å². The van der Waals surface area contributed by atoms with Crippen molar-refractivity contribution in [3.05, 3.63) is 0 Å². The molecule has 0 saturated heterocycles. The van der Waals surface area contributed by atoms with Gasteiger partial charge in [-0.25, -0.2) is 0 Å². The summed E-state index contributed by atoms with van der Waals surface area (Å²) in [6.45, 7) is 4.77. The Labute approximate surface area is 128 Å². The molecule has 0 heterocycles. The number of hydrogen-bond donors (Lipinski definition) is 3. The van der Waals surface area contributed by atoms with E-state index in [-0.39, 0.29) is 51.4 Å². The number of rotatable bonds is 4. The van der Waals surface area contributed by atoms with Crippen LogP contribution in [0.1, 0.15) is 33.1 Å². The van der Waals surface area contributed by atoms with Crippen molar-refractivity contribution in [1.29, 1.82) is 0 Å². The molecule has 0 saturated carbocycles. The predicted octanol–water partition coefficient (Wildman–Crippen LogP) is 0.504. The Morgan fingerprint density at radius 1 is 1.14 bits per heavy atom. The van der Waals surface area contributed by atoms with Crippen LogP contribution in [0.15, 0.2) is 0 Å². The Morgan fingerprint density at radius 2 is 1.50 bits per heavy atom. The van der Waals surface area contributed by atoms with Gasteiger partial charge < -0.3 is 5.11 Å². The molecule has 84 valence electrons. The van der Waals surface area contributed by atoms with E-state index >= 15 is 0 Å². The van der Waals surface area contributed by atoms with Gasteiger partial charge in [-0.05, 0) is 12.3 Å². The summed E-state index contributed by atoms with van der Waals surface area (Å²) in [6.07, 6.45) is 3.40. The molecule has 0 amide bonds. The zero-order valence-electron chi connectivity index (χ0n) is 7.97. The summed E-state index contributed by atoms with van der Waals surface area (Å²) in [5.74, 6) is 0.793. The number of hydrogen-bond acceptors (Lipinski definition) is 3. The number of unbranched alkanes of at least 4 members (excludes halogenated alkanes) is 1. The molecule has 0 aromatic heterocycles. The van der Waals surface area contributed by atoms with Crippen LogP contribution in [-0.4, -0.2) is 80.6 Å². The third-order valence-corrected chi connectivity index (χ3v) is 1.19. The van der Waals surface area contributed by atoms with Crippen LogP contribution in [0, 0.1) is 5.92 Å². The quantitative estimate of drug-likeness (QED) is 0.386. The topological polar surface area (TPSA) is 94.8 Å². The molecule has 0 aromatic rings. The van der Waals surface area contributed by atoms with Gasteiger partial charge in [-0.15, -0.1) is 0 Å². The summed E-state index contributed by atoms with van der Waals surface area (Å²) in [7, 11) is -4.67. The van der Waals surface area contributed by atoms with E-state index < -0.39 is 10.4 Å². The minimum atomic E-state index is -4.67. The van der Waals surface area contributed by atoms with Crippen molar-refractivity contribution in [2.75, 3.05) is 6.61 Å². The summed E-state index contributed by atoms with van der Waals surface area (Å²) in [5, 5.41) is 8.38. The molecule has 0 aliphatic heterocycles. The van der Waals surface area contributed by atoms with Crippen molar-refractivity contribution in [2.45, 2.75) is 33.1 Å². The normalized spacial score (nSPS) is 10.1. The van der Waals surface area contributed by atoms with E-state index in [0.29, 0.717) is 6.61 Å². The van der Waals surface area contributed by atoms with E-state index in [1.54, 1.807) is 0 Å². The van der Waals surface area contributed by atoms with E-state index in [9.17, 15) is 0 Å². The van der Waals surface area contributed by atoms with Gasteiger partial charge in [-0.3, -0.25) is 9.11 Å². The summed E-state index contributed by atoms with van der Waals surface area (Å²) in [4.78, 5) is 0. The Bertz CT molecular complexity index is 182. The fourth-order valence-electron chi connectivity index (χ4n) is 0.664. The molecule has 0 aliphatic carbocycles. The van der Waals surface area contributed by atoms with E-state index in [1.807, 2.05) is 0 Å². The average Bonchev–Trinajstić information content (AvgIpc) is 1.83. The Balaban J connectivity index is -0.000000177. The third kappa shape index (κ3) is 50.1. The van der Waals surface area contributed by atoms with Crippen molar-refractivity contribution in [2.24, 2.45) is 5.92 Å². The first-order chi connectivity index (χ1) is 5.77. The standard InChI is InChI=1S/C7H16O.K.H2O4S.H/c1-7(2)5-3-4-6-8;;1-5(2,3)4;/h7-8H,3-6H2,1-2H3;;(H2,1,2,3,4);. The van der Waals surface area contributed by atoms with E-state index in [2.05, 4.69) is 13.8 Å². The van der Waals surface area contributed by atoms with Crippen LogP contribution in [0.2, 0.25) is 0 Å². The fraction of sp³-hybridized carbons (Fsp3) is 1.00. The first-order valence-electron chi connectivity index (χ1n) is 4.08. The second-order valence-electron chi connectivity index (χ2n) is 3.06. The third-order valence-electron chi connectivity index (χ3n) is 1.19. The van der Waals surface area contributed by atoms with Gasteiger partial charge in [0.1, 0.15) is 0 Å². The summed E-state index contributed by atoms with van der Waals surface area (Å²) >= 11 is 0. The van der Waals surface area contributed by atoms with Gasteiger partial charge in [-0.1, -0.05) is 26.7 Å². The summed E-state index contributed by atoms with van der Waals surface area (Å²) in [6, 6.07) is 0. The molecule has 3 N–H and O–H groups in total. The van der Waals surface area contributed by atoms with E-state index in [1.165, 1.54) is 12.8 Å². The first kappa shape index (κ1) is 20.8. The Kier molecular flexibility index (Phi) is 18.6. The van der Waals surface area contributed by atoms with Gasteiger partial charge in [0.25, 0.3) is 0 Å². The molecule has 0 fully saturated rings. The minimum absolute atomic E-state index is 0. The van der Waals surface area contributed by atoms with E-state index in [4.69, 9.17) is 22.6 Å². The molecule has 0 rings (SSSR count). The van der Waals surface area contributed by atoms with Crippen LogP contribution < -0.4 is 0 Å². The molecule has 0 spiro atoms. The van der Waals surface area contributed by atoms with E-state index in [0.717, 1.165) is 12.3 Å². The number of aliphatic hydroxyl groups excluding tert-OH is 1. The van der Waals surface area contributed by atoms with Crippen molar-refractivity contribution in [3.63, 3.8) is 0 Å². The molecule has 0 bridgehead atoms. The van der Waals surface area contributed by atoms with Gasteiger partial charge >= 0.3 is 61.8 Å². The van der Waals surface area contributed by atoms with Crippen molar-refractivity contribution >= 4 is 61.8 Å². The molecular formula is C7H19KO5S. The SMILES string of the molecule is CC(C)CCCCO.O=S(=O)(O)O.[KH]. The van der Waals surface area contributed by atoms with Crippen molar-refractivity contribution < 1.29 is 22.6 Å². The molecule has 0 aromatic carbocycles.